The van der Waals surface area contributed by atoms with Crippen molar-refractivity contribution in [3.05, 3.63) is 48.6 Å². The number of amides is 1. The minimum atomic E-state index is -0.252. The van der Waals surface area contributed by atoms with Gasteiger partial charge in [-0.25, -0.2) is 0 Å². The number of nitrogens with two attached hydrogens (primary N) is 1. The van der Waals surface area contributed by atoms with Crippen molar-refractivity contribution in [2.24, 2.45) is 5.73 Å². The Hall–Kier alpha value is -1.61. The van der Waals surface area contributed by atoms with Gasteiger partial charge in [-0.15, -0.1) is 6.58 Å². The van der Waals surface area contributed by atoms with E-state index in [-0.39, 0.29) is 18.0 Å². The van der Waals surface area contributed by atoms with Crippen molar-refractivity contribution < 1.29 is 4.79 Å². The molecule has 1 rings (SSSR count). The van der Waals surface area contributed by atoms with Gasteiger partial charge in [0.15, 0.2) is 0 Å². The Morgan fingerprint density at radius 1 is 1.50 bits per heavy atom. The predicted octanol–water partition coefficient (Wildman–Crippen LogP) is 1.77. The second-order valence-electron chi connectivity index (χ2n) is 3.81. The van der Waals surface area contributed by atoms with Gasteiger partial charge in [-0.3, -0.25) is 4.79 Å². The summed E-state index contributed by atoms with van der Waals surface area (Å²) in [7, 11) is 0. The third-order valence-corrected chi connectivity index (χ3v) is 2.38. The standard InChI is InChI=1S/C13H18N2O/c1-3-10(2)15-13(16)9-12(14)11-7-5-4-6-8-11/h3-8,10,12H,1,9,14H2,2H3,(H,15,16). The van der Waals surface area contributed by atoms with Crippen LogP contribution in [0, 0.1) is 0 Å². The Morgan fingerprint density at radius 2 is 2.12 bits per heavy atom. The monoisotopic (exact) mass is 218 g/mol. The fraction of sp³-hybridized carbons (Fsp3) is 0.308. The molecule has 0 aliphatic carbocycles. The molecule has 0 aliphatic rings. The van der Waals surface area contributed by atoms with Crippen LogP contribution in [-0.2, 0) is 4.79 Å². The van der Waals surface area contributed by atoms with Crippen molar-refractivity contribution in [2.45, 2.75) is 25.4 Å². The molecule has 0 spiro atoms. The van der Waals surface area contributed by atoms with Crippen LogP contribution in [0.3, 0.4) is 0 Å². The molecule has 0 heterocycles. The summed E-state index contributed by atoms with van der Waals surface area (Å²) >= 11 is 0. The first-order chi connectivity index (χ1) is 7.63. The summed E-state index contributed by atoms with van der Waals surface area (Å²) in [6.07, 6.45) is 1.98. The molecular formula is C13H18N2O. The first-order valence-corrected chi connectivity index (χ1v) is 5.36. The van der Waals surface area contributed by atoms with E-state index in [1.165, 1.54) is 0 Å². The smallest absolute Gasteiger partial charge is 0.222 e. The van der Waals surface area contributed by atoms with Crippen LogP contribution in [0.2, 0.25) is 0 Å². The predicted molar refractivity (Wildman–Crippen MR) is 65.8 cm³/mol. The second kappa shape index (κ2) is 6.08. The largest absolute Gasteiger partial charge is 0.350 e. The lowest BCUT2D eigenvalue weighted by Crippen LogP contribution is -2.33. The van der Waals surface area contributed by atoms with Crippen molar-refractivity contribution in [1.82, 2.24) is 5.32 Å². The molecule has 0 saturated heterocycles. The van der Waals surface area contributed by atoms with Crippen LogP contribution >= 0.6 is 0 Å². The molecule has 0 radical (unpaired) electrons. The van der Waals surface area contributed by atoms with Gasteiger partial charge in [0.25, 0.3) is 0 Å². The Morgan fingerprint density at radius 3 is 2.69 bits per heavy atom. The third-order valence-electron chi connectivity index (χ3n) is 2.38. The third kappa shape index (κ3) is 3.87. The molecule has 1 amide bonds. The van der Waals surface area contributed by atoms with Gasteiger partial charge in [0, 0.05) is 18.5 Å². The summed E-state index contributed by atoms with van der Waals surface area (Å²) in [6, 6.07) is 9.34. The van der Waals surface area contributed by atoms with Crippen molar-refractivity contribution >= 4 is 5.91 Å². The summed E-state index contributed by atoms with van der Waals surface area (Å²) in [6.45, 7) is 5.48. The molecule has 2 atom stereocenters. The van der Waals surface area contributed by atoms with Crippen molar-refractivity contribution in [1.29, 1.82) is 0 Å². The zero-order valence-corrected chi connectivity index (χ0v) is 9.52. The van der Waals surface area contributed by atoms with Gasteiger partial charge in [0.1, 0.15) is 0 Å². The van der Waals surface area contributed by atoms with Gasteiger partial charge >= 0.3 is 0 Å². The fourth-order valence-electron chi connectivity index (χ4n) is 1.39. The number of benzene rings is 1. The highest BCUT2D eigenvalue weighted by Gasteiger charge is 2.11. The quantitative estimate of drug-likeness (QED) is 0.740. The minimum absolute atomic E-state index is 0.0181. The number of carbonyl (C=O) groups excluding carboxylic acids is 1. The highest BCUT2D eigenvalue weighted by Crippen LogP contribution is 2.12. The van der Waals surface area contributed by atoms with Crippen molar-refractivity contribution in [3.8, 4) is 0 Å². The molecule has 1 aromatic rings. The second-order valence-corrected chi connectivity index (χ2v) is 3.81. The summed E-state index contributed by atoms with van der Waals surface area (Å²) in [5.74, 6) is -0.0521. The summed E-state index contributed by atoms with van der Waals surface area (Å²) in [5.41, 5.74) is 6.90. The number of carbonyl (C=O) groups is 1. The van der Waals surface area contributed by atoms with Crippen LogP contribution in [0.15, 0.2) is 43.0 Å². The van der Waals surface area contributed by atoms with E-state index in [9.17, 15) is 4.79 Å². The average Bonchev–Trinajstić information content (AvgIpc) is 2.29. The molecule has 0 fully saturated rings. The lowest BCUT2D eigenvalue weighted by atomic mass is 10.0. The van der Waals surface area contributed by atoms with Gasteiger partial charge in [-0.2, -0.15) is 0 Å². The average molecular weight is 218 g/mol. The van der Waals surface area contributed by atoms with Crippen LogP contribution < -0.4 is 11.1 Å². The molecule has 0 bridgehead atoms. The molecular weight excluding hydrogens is 200 g/mol. The SMILES string of the molecule is C=CC(C)NC(=O)CC(N)c1ccccc1. The van der Waals surface area contributed by atoms with Crippen LogP contribution in [0.1, 0.15) is 24.9 Å². The maximum atomic E-state index is 11.6. The molecule has 86 valence electrons. The van der Waals surface area contributed by atoms with Crippen molar-refractivity contribution in [3.63, 3.8) is 0 Å². The van der Waals surface area contributed by atoms with E-state index in [1.54, 1.807) is 6.08 Å². The topological polar surface area (TPSA) is 55.1 Å². The fourth-order valence-corrected chi connectivity index (χ4v) is 1.39. The van der Waals surface area contributed by atoms with Crippen LogP contribution in [-0.4, -0.2) is 11.9 Å². The van der Waals surface area contributed by atoms with E-state index >= 15 is 0 Å². The van der Waals surface area contributed by atoms with Crippen LogP contribution in [0.25, 0.3) is 0 Å². The number of nitrogens with one attached hydrogen (secondary N) is 1. The van der Waals surface area contributed by atoms with Gasteiger partial charge in [0.05, 0.1) is 0 Å². The van der Waals surface area contributed by atoms with Crippen LogP contribution in [0.4, 0.5) is 0 Å². The Kier molecular flexibility index (Phi) is 4.73. The zero-order chi connectivity index (χ0) is 12.0. The summed E-state index contributed by atoms with van der Waals surface area (Å²) < 4.78 is 0. The lowest BCUT2D eigenvalue weighted by Gasteiger charge is -2.14. The number of hydrogen-bond acceptors (Lipinski definition) is 2. The molecule has 3 N–H and O–H groups in total. The molecule has 0 aromatic heterocycles. The van der Waals surface area contributed by atoms with Crippen LogP contribution in [0.5, 0.6) is 0 Å². The maximum Gasteiger partial charge on any atom is 0.222 e. The normalized spacial score (nSPS) is 13.9. The Bertz CT molecular complexity index is 348. The van der Waals surface area contributed by atoms with E-state index in [2.05, 4.69) is 11.9 Å². The summed E-state index contributed by atoms with van der Waals surface area (Å²) in [5, 5.41) is 2.79. The molecule has 2 unspecified atom stereocenters. The highest BCUT2D eigenvalue weighted by atomic mass is 16.1. The van der Waals surface area contributed by atoms with Gasteiger partial charge in [0.2, 0.25) is 5.91 Å². The number of rotatable bonds is 5. The maximum absolute atomic E-state index is 11.6. The zero-order valence-electron chi connectivity index (χ0n) is 9.52. The van der Waals surface area contributed by atoms with E-state index < -0.39 is 0 Å². The van der Waals surface area contributed by atoms with Gasteiger partial charge in [-0.05, 0) is 12.5 Å². The molecule has 3 nitrogen and oxygen atoms in total. The molecule has 3 heteroatoms. The molecule has 1 aromatic carbocycles. The summed E-state index contributed by atoms with van der Waals surface area (Å²) in [4.78, 5) is 11.6. The van der Waals surface area contributed by atoms with E-state index in [0.29, 0.717) is 6.42 Å². The van der Waals surface area contributed by atoms with E-state index in [0.717, 1.165) is 5.56 Å². The first kappa shape index (κ1) is 12.5. The molecule has 16 heavy (non-hydrogen) atoms. The Balaban J connectivity index is 2.49. The molecule has 0 aliphatic heterocycles. The van der Waals surface area contributed by atoms with Gasteiger partial charge < -0.3 is 11.1 Å². The number of hydrogen-bond donors (Lipinski definition) is 2. The van der Waals surface area contributed by atoms with E-state index in [1.807, 2.05) is 37.3 Å². The molecule has 0 saturated carbocycles. The van der Waals surface area contributed by atoms with E-state index in [4.69, 9.17) is 5.73 Å². The minimum Gasteiger partial charge on any atom is -0.350 e. The van der Waals surface area contributed by atoms with Crippen molar-refractivity contribution in [2.75, 3.05) is 0 Å². The Labute approximate surface area is 96.3 Å². The van der Waals surface area contributed by atoms with Gasteiger partial charge in [-0.1, -0.05) is 36.4 Å². The first-order valence-electron chi connectivity index (χ1n) is 5.36. The lowest BCUT2D eigenvalue weighted by molar-refractivity contribution is -0.121. The highest BCUT2D eigenvalue weighted by molar-refractivity contribution is 5.77.